The molecule has 2 aromatic carbocycles. The van der Waals surface area contributed by atoms with Crippen LogP contribution in [0.5, 0.6) is 0 Å². The van der Waals surface area contributed by atoms with E-state index in [1.807, 2.05) is 13.0 Å². The van der Waals surface area contributed by atoms with E-state index in [1.54, 1.807) is 18.2 Å². The number of halogens is 2. The highest BCUT2D eigenvalue weighted by Gasteiger charge is 2.23. The van der Waals surface area contributed by atoms with Crippen LogP contribution in [0.3, 0.4) is 0 Å². The Morgan fingerprint density at radius 1 is 1.16 bits per heavy atom. The van der Waals surface area contributed by atoms with E-state index in [4.69, 9.17) is 0 Å². The molecule has 0 aromatic heterocycles. The smallest absolute Gasteiger partial charge is 0.146 e. The molecule has 1 atom stereocenters. The Kier molecular flexibility index (Phi) is 2.97. The van der Waals surface area contributed by atoms with Gasteiger partial charge < -0.3 is 5.32 Å². The van der Waals surface area contributed by atoms with E-state index in [1.165, 1.54) is 12.1 Å². The van der Waals surface area contributed by atoms with Gasteiger partial charge in [0.05, 0.1) is 11.7 Å². The molecule has 0 bridgehead atoms. The summed E-state index contributed by atoms with van der Waals surface area (Å²) in [5, 5.41) is 3.26. The Hall–Kier alpha value is -1.90. The first-order valence-corrected chi connectivity index (χ1v) is 6.45. The van der Waals surface area contributed by atoms with Gasteiger partial charge in [-0.3, -0.25) is 0 Å². The van der Waals surface area contributed by atoms with E-state index in [0.29, 0.717) is 5.69 Å². The van der Waals surface area contributed by atoms with Gasteiger partial charge in [0, 0.05) is 0 Å². The third kappa shape index (κ3) is 2.21. The molecule has 3 heteroatoms. The quantitative estimate of drug-likeness (QED) is 0.844. The summed E-state index contributed by atoms with van der Waals surface area (Å²) in [5.41, 5.74) is 3.52. The number of anilines is 1. The second-order valence-corrected chi connectivity index (χ2v) is 5.01. The molecule has 1 nitrogen and oxygen atoms in total. The van der Waals surface area contributed by atoms with Crippen LogP contribution < -0.4 is 5.32 Å². The van der Waals surface area contributed by atoms with Crippen LogP contribution in [0.2, 0.25) is 0 Å². The highest BCUT2D eigenvalue weighted by Crippen LogP contribution is 2.35. The van der Waals surface area contributed by atoms with Crippen LogP contribution in [0.4, 0.5) is 14.5 Å². The number of aryl methyl sites for hydroxylation is 2. The molecule has 1 N–H and O–H groups in total. The lowest BCUT2D eigenvalue weighted by molar-refractivity contribution is 0.623. The lowest BCUT2D eigenvalue weighted by Crippen LogP contribution is -2.09. The lowest BCUT2D eigenvalue weighted by atomic mass is 10.1. The third-order valence-corrected chi connectivity index (χ3v) is 3.72. The fraction of sp³-hybridized carbons (Fsp3) is 0.250. The van der Waals surface area contributed by atoms with Crippen LogP contribution in [-0.4, -0.2) is 0 Å². The van der Waals surface area contributed by atoms with E-state index in [9.17, 15) is 8.78 Å². The largest absolute Gasteiger partial charge is 0.376 e. The minimum atomic E-state index is -0.240. The van der Waals surface area contributed by atoms with E-state index < -0.39 is 0 Å². The summed E-state index contributed by atoms with van der Waals surface area (Å²) < 4.78 is 27.0. The Labute approximate surface area is 111 Å². The lowest BCUT2D eigenvalue weighted by Gasteiger charge is -2.18. The summed E-state index contributed by atoms with van der Waals surface area (Å²) in [7, 11) is 0. The Morgan fingerprint density at radius 3 is 2.79 bits per heavy atom. The maximum atomic E-state index is 13.8. The second kappa shape index (κ2) is 4.65. The highest BCUT2D eigenvalue weighted by atomic mass is 19.1. The van der Waals surface area contributed by atoms with Gasteiger partial charge in [0.1, 0.15) is 11.6 Å². The van der Waals surface area contributed by atoms with Gasteiger partial charge >= 0.3 is 0 Å². The molecule has 0 aliphatic heterocycles. The standard InChI is InChI=1S/C16H15F2N/c1-10-3-2-4-14(18)16(10)19-15-8-5-11-9-12(17)6-7-13(11)15/h2-4,6-7,9,15,19H,5,8H2,1H3. The van der Waals surface area contributed by atoms with Crippen LogP contribution >= 0.6 is 0 Å². The molecule has 19 heavy (non-hydrogen) atoms. The molecule has 0 saturated carbocycles. The van der Waals surface area contributed by atoms with Crippen molar-refractivity contribution in [1.82, 2.24) is 0 Å². The fourth-order valence-corrected chi connectivity index (χ4v) is 2.72. The van der Waals surface area contributed by atoms with Crippen molar-refractivity contribution in [3.05, 3.63) is 64.7 Å². The average molecular weight is 259 g/mol. The molecule has 0 heterocycles. The number of hydrogen-bond acceptors (Lipinski definition) is 1. The van der Waals surface area contributed by atoms with Crippen LogP contribution in [0.15, 0.2) is 36.4 Å². The third-order valence-electron chi connectivity index (χ3n) is 3.72. The van der Waals surface area contributed by atoms with Gasteiger partial charge in [0.25, 0.3) is 0 Å². The molecule has 2 aromatic rings. The second-order valence-electron chi connectivity index (χ2n) is 5.01. The van der Waals surface area contributed by atoms with E-state index in [-0.39, 0.29) is 17.7 Å². The fourth-order valence-electron chi connectivity index (χ4n) is 2.72. The van der Waals surface area contributed by atoms with Crippen LogP contribution in [0, 0.1) is 18.6 Å². The number of benzene rings is 2. The van der Waals surface area contributed by atoms with Crippen molar-refractivity contribution in [1.29, 1.82) is 0 Å². The molecule has 0 saturated heterocycles. The van der Waals surface area contributed by atoms with Gasteiger partial charge in [-0.1, -0.05) is 18.2 Å². The number of fused-ring (bicyclic) bond motifs is 1. The highest BCUT2D eigenvalue weighted by molar-refractivity contribution is 5.54. The van der Waals surface area contributed by atoms with Crippen LogP contribution in [0.25, 0.3) is 0 Å². The number of rotatable bonds is 2. The Morgan fingerprint density at radius 2 is 2.00 bits per heavy atom. The van der Waals surface area contributed by atoms with Crippen molar-refractivity contribution in [2.24, 2.45) is 0 Å². The molecular formula is C16H15F2N. The Bertz CT molecular complexity index is 602. The normalized spacial score (nSPS) is 17.3. The predicted molar refractivity (Wildman–Crippen MR) is 72.2 cm³/mol. The molecule has 0 amide bonds. The zero-order valence-electron chi connectivity index (χ0n) is 10.7. The summed E-state index contributed by atoms with van der Waals surface area (Å²) in [6.07, 6.45) is 1.70. The van der Waals surface area contributed by atoms with E-state index in [2.05, 4.69) is 5.32 Å². The van der Waals surface area contributed by atoms with Crippen molar-refractivity contribution < 1.29 is 8.78 Å². The van der Waals surface area contributed by atoms with Crippen LogP contribution in [0.1, 0.15) is 29.2 Å². The Balaban J connectivity index is 1.91. The molecule has 0 fully saturated rings. The first-order chi connectivity index (χ1) is 9.15. The molecule has 0 spiro atoms. The van der Waals surface area contributed by atoms with Crippen molar-refractivity contribution >= 4 is 5.69 Å². The van der Waals surface area contributed by atoms with Crippen LogP contribution in [-0.2, 0) is 6.42 Å². The summed E-state index contributed by atoms with van der Waals surface area (Å²) in [5.74, 6) is -0.447. The molecule has 3 rings (SSSR count). The SMILES string of the molecule is Cc1cccc(F)c1NC1CCc2cc(F)ccc21. The number of para-hydroxylation sites is 1. The topological polar surface area (TPSA) is 12.0 Å². The minimum absolute atomic E-state index is 0.0613. The monoisotopic (exact) mass is 259 g/mol. The molecule has 98 valence electrons. The first kappa shape index (κ1) is 12.2. The maximum Gasteiger partial charge on any atom is 0.146 e. The van der Waals surface area contributed by atoms with Gasteiger partial charge in [0.2, 0.25) is 0 Å². The van der Waals surface area contributed by atoms with Gasteiger partial charge in [-0.2, -0.15) is 0 Å². The van der Waals surface area contributed by atoms with E-state index in [0.717, 1.165) is 29.5 Å². The number of nitrogens with one attached hydrogen (secondary N) is 1. The minimum Gasteiger partial charge on any atom is -0.376 e. The number of hydrogen-bond donors (Lipinski definition) is 1. The summed E-state index contributed by atoms with van der Waals surface area (Å²) >= 11 is 0. The molecule has 1 aliphatic carbocycles. The molecule has 1 unspecified atom stereocenters. The summed E-state index contributed by atoms with van der Waals surface area (Å²) in [6.45, 7) is 1.88. The summed E-state index contributed by atoms with van der Waals surface area (Å²) in [6, 6.07) is 9.94. The van der Waals surface area contributed by atoms with Gasteiger partial charge in [-0.05, 0) is 54.7 Å². The predicted octanol–water partition coefficient (Wildman–Crippen LogP) is 4.37. The van der Waals surface area contributed by atoms with Gasteiger partial charge in [-0.15, -0.1) is 0 Å². The molecule has 1 aliphatic rings. The summed E-state index contributed by atoms with van der Waals surface area (Å²) in [4.78, 5) is 0. The zero-order valence-corrected chi connectivity index (χ0v) is 10.7. The van der Waals surface area contributed by atoms with Crippen molar-refractivity contribution in [3.8, 4) is 0 Å². The molecular weight excluding hydrogens is 244 g/mol. The van der Waals surface area contributed by atoms with Crippen molar-refractivity contribution in [2.45, 2.75) is 25.8 Å². The van der Waals surface area contributed by atoms with Crippen molar-refractivity contribution in [2.75, 3.05) is 5.32 Å². The van der Waals surface area contributed by atoms with E-state index >= 15 is 0 Å². The average Bonchev–Trinajstić information content (AvgIpc) is 2.76. The first-order valence-electron chi connectivity index (χ1n) is 6.45. The zero-order chi connectivity index (χ0) is 13.4. The van der Waals surface area contributed by atoms with Gasteiger partial charge in [0.15, 0.2) is 0 Å². The molecule has 0 radical (unpaired) electrons. The van der Waals surface area contributed by atoms with Gasteiger partial charge in [-0.25, -0.2) is 8.78 Å². The van der Waals surface area contributed by atoms with Crippen molar-refractivity contribution in [3.63, 3.8) is 0 Å². The maximum absolute atomic E-state index is 13.8.